The molecule has 0 bridgehead atoms. The molecule has 1 aromatic carbocycles. The molecule has 1 heterocycles. The van der Waals surface area contributed by atoms with Crippen LogP contribution in [0.15, 0.2) is 24.3 Å². The minimum Gasteiger partial charge on any atom is -0.350 e. The van der Waals surface area contributed by atoms with Gasteiger partial charge in [-0.25, -0.2) is 0 Å². The number of rotatable bonds is 3. The third kappa shape index (κ3) is 2.86. The number of hydrogen-bond acceptors (Lipinski definition) is 2. The van der Waals surface area contributed by atoms with Gasteiger partial charge in [-0.15, -0.1) is 0 Å². The number of benzene rings is 1. The van der Waals surface area contributed by atoms with Gasteiger partial charge in [0.05, 0.1) is 6.04 Å². The monoisotopic (exact) mass is 232 g/mol. The number of amides is 1. The Kier molecular flexibility index (Phi) is 3.48. The van der Waals surface area contributed by atoms with E-state index in [1.807, 2.05) is 6.92 Å². The average molecular weight is 232 g/mol. The molecule has 3 nitrogen and oxygen atoms in total. The zero-order chi connectivity index (χ0) is 12.4. The Morgan fingerprint density at radius 2 is 1.94 bits per heavy atom. The third-order valence-corrected chi connectivity index (χ3v) is 3.39. The molecule has 0 aromatic heterocycles. The second-order valence-electron chi connectivity index (χ2n) is 5.01. The fourth-order valence-electron chi connectivity index (χ4n) is 2.35. The van der Waals surface area contributed by atoms with Crippen LogP contribution < -0.4 is 5.32 Å². The first-order chi connectivity index (χ1) is 8.06. The van der Waals surface area contributed by atoms with Gasteiger partial charge in [0.25, 0.3) is 0 Å². The van der Waals surface area contributed by atoms with Crippen molar-refractivity contribution in [2.75, 3.05) is 20.1 Å². The number of likely N-dealkylation sites (tertiary alicyclic amines) is 1. The molecule has 1 aliphatic rings. The highest BCUT2D eigenvalue weighted by molar-refractivity contribution is 5.73. The second kappa shape index (κ2) is 4.88. The topological polar surface area (TPSA) is 32.3 Å². The van der Waals surface area contributed by atoms with Crippen LogP contribution in [-0.2, 0) is 4.79 Å². The standard InChI is InChI=1S/C14H20N2O/c1-10(15-11(2)17)12-4-6-13(7-5-12)14-8-16(3)9-14/h4-7,10,14H,8-9H2,1-3H3,(H,15,17)/t10-/m1/s1. The number of carbonyl (C=O) groups is 1. The van der Waals surface area contributed by atoms with E-state index in [1.165, 1.54) is 5.56 Å². The fourth-order valence-corrected chi connectivity index (χ4v) is 2.35. The van der Waals surface area contributed by atoms with Gasteiger partial charge in [0.15, 0.2) is 0 Å². The number of nitrogens with zero attached hydrogens (tertiary/aromatic N) is 1. The summed E-state index contributed by atoms with van der Waals surface area (Å²) >= 11 is 0. The number of nitrogens with one attached hydrogen (secondary N) is 1. The molecule has 1 saturated heterocycles. The zero-order valence-corrected chi connectivity index (χ0v) is 10.7. The Morgan fingerprint density at radius 3 is 2.41 bits per heavy atom. The summed E-state index contributed by atoms with van der Waals surface area (Å²) in [7, 11) is 2.14. The van der Waals surface area contributed by atoms with Crippen molar-refractivity contribution >= 4 is 5.91 Å². The Hall–Kier alpha value is -1.35. The molecule has 17 heavy (non-hydrogen) atoms. The Balaban J connectivity index is 2.00. The third-order valence-electron chi connectivity index (χ3n) is 3.39. The van der Waals surface area contributed by atoms with Crippen molar-refractivity contribution in [3.63, 3.8) is 0 Å². The normalized spacial score (nSPS) is 18.5. The highest BCUT2D eigenvalue weighted by Crippen LogP contribution is 2.26. The molecule has 2 rings (SSSR count). The van der Waals surface area contributed by atoms with E-state index >= 15 is 0 Å². The summed E-state index contributed by atoms with van der Waals surface area (Å²) in [5, 5.41) is 2.90. The highest BCUT2D eigenvalue weighted by Gasteiger charge is 2.24. The Morgan fingerprint density at radius 1 is 1.35 bits per heavy atom. The maximum Gasteiger partial charge on any atom is 0.217 e. The second-order valence-corrected chi connectivity index (χ2v) is 5.01. The van der Waals surface area contributed by atoms with Crippen molar-refractivity contribution in [3.8, 4) is 0 Å². The molecule has 92 valence electrons. The van der Waals surface area contributed by atoms with Crippen molar-refractivity contribution in [1.82, 2.24) is 10.2 Å². The first-order valence-electron chi connectivity index (χ1n) is 6.12. The van der Waals surface area contributed by atoms with Gasteiger partial charge in [0.1, 0.15) is 0 Å². The predicted octanol–water partition coefficient (Wildman–Crippen LogP) is 1.91. The average Bonchev–Trinajstić information content (AvgIpc) is 2.24. The van der Waals surface area contributed by atoms with Crippen molar-refractivity contribution in [1.29, 1.82) is 0 Å². The summed E-state index contributed by atoms with van der Waals surface area (Å²) in [4.78, 5) is 13.3. The van der Waals surface area contributed by atoms with E-state index in [2.05, 4.69) is 41.5 Å². The summed E-state index contributed by atoms with van der Waals surface area (Å²) < 4.78 is 0. The lowest BCUT2D eigenvalue weighted by molar-refractivity contribution is -0.119. The molecule has 0 aliphatic carbocycles. The SMILES string of the molecule is CC(=O)N[C@H](C)c1ccc(C2CN(C)C2)cc1. The zero-order valence-electron chi connectivity index (χ0n) is 10.7. The van der Waals surface area contributed by atoms with Crippen LogP contribution in [0.2, 0.25) is 0 Å². The van der Waals surface area contributed by atoms with E-state index in [0.29, 0.717) is 5.92 Å². The van der Waals surface area contributed by atoms with E-state index in [4.69, 9.17) is 0 Å². The molecule has 3 heteroatoms. The molecule has 1 aliphatic heterocycles. The summed E-state index contributed by atoms with van der Waals surface area (Å²) in [6.45, 7) is 5.86. The van der Waals surface area contributed by atoms with Gasteiger partial charge in [0, 0.05) is 25.9 Å². The van der Waals surface area contributed by atoms with Gasteiger partial charge in [-0.05, 0) is 25.1 Å². The van der Waals surface area contributed by atoms with Gasteiger partial charge >= 0.3 is 0 Å². The molecule has 0 saturated carbocycles. The number of likely N-dealkylation sites (N-methyl/N-ethyl adjacent to an activating group) is 1. The van der Waals surface area contributed by atoms with Crippen LogP contribution >= 0.6 is 0 Å². The lowest BCUT2D eigenvalue weighted by Gasteiger charge is -2.36. The van der Waals surface area contributed by atoms with Gasteiger partial charge in [0.2, 0.25) is 5.91 Å². The molecule has 0 radical (unpaired) electrons. The van der Waals surface area contributed by atoms with Crippen molar-refractivity contribution in [2.45, 2.75) is 25.8 Å². The molecular weight excluding hydrogens is 212 g/mol. The molecule has 1 atom stereocenters. The minimum atomic E-state index is 0.0159. The first kappa shape index (κ1) is 12.1. The quantitative estimate of drug-likeness (QED) is 0.863. The highest BCUT2D eigenvalue weighted by atomic mass is 16.1. The largest absolute Gasteiger partial charge is 0.350 e. The van der Waals surface area contributed by atoms with Gasteiger partial charge in [-0.1, -0.05) is 24.3 Å². The number of hydrogen-bond donors (Lipinski definition) is 1. The van der Waals surface area contributed by atoms with Crippen molar-refractivity contribution in [2.24, 2.45) is 0 Å². The molecule has 0 unspecified atom stereocenters. The number of carbonyl (C=O) groups excluding carboxylic acids is 1. The van der Waals surface area contributed by atoms with Crippen LogP contribution in [0.3, 0.4) is 0 Å². The lowest BCUT2D eigenvalue weighted by atomic mass is 9.91. The molecule has 1 aromatic rings. The van der Waals surface area contributed by atoms with E-state index in [9.17, 15) is 4.79 Å². The van der Waals surface area contributed by atoms with Crippen molar-refractivity contribution < 1.29 is 4.79 Å². The van der Waals surface area contributed by atoms with Gasteiger partial charge in [-0.3, -0.25) is 4.79 Å². The van der Waals surface area contributed by atoms with Crippen LogP contribution in [0.5, 0.6) is 0 Å². The van der Waals surface area contributed by atoms with E-state index < -0.39 is 0 Å². The van der Waals surface area contributed by atoms with Crippen LogP contribution in [0, 0.1) is 0 Å². The molecule has 0 spiro atoms. The Labute approximate surface area is 103 Å². The molecular formula is C14H20N2O. The van der Waals surface area contributed by atoms with E-state index in [1.54, 1.807) is 6.92 Å². The van der Waals surface area contributed by atoms with Crippen LogP contribution in [-0.4, -0.2) is 30.9 Å². The van der Waals surface area contributed by atoms with E-state index in [-0.39, 0.29) is 11.9 Å². The molecule has 1 amide bonds. The summed E-state index contributed by atoms with van der Waals surface area (Å²) in [5.74, 6) is 0.701. The molecule has 1 N–H and O–H groups in total. The van der Waals surface area contributed by atoms with E-state index in [0.717, 1.165) is 18.7 Å². The summed E-state index contributed by atoms with van der Waals surface area (Å²) in [6.07, 6.45) is 0. The van der Waals surface area contributed by atoms with Gasteiger partial charge < -0.3 is 10.2 Å². The predicted molar refractivity (Wildman–Crippen MR) is 68.9 cm³/mol. The molecule has 1 fully saturated rings. The van der Waals surface area contributed by atoms with Crippen LogP contribution in [0.1, 0.15) is 36.9 Å². The summed E-state index contributed by atoms with van der Waals surface area (Å²) in [5.41, 5.74) is 2.57. The maximum absolute atomic E-state index is 11.0. The van der Waals surface area contributed by atoms with Crippen LogP contribution in [0.25, 0.3) is 0 Å². The fraction of sp³-hybridized carbons (Fsp3) is 0.500. The minimum absolute atomic E-state index is 0.0159. The van der Waals surface area contributed by atoms with Gasteiger partial charge in [-0.2, -0.15) is 0 Å². The Bertz CT molecular complexity index is 393. The maximum atomic E-state index is 11.0. The van der Waals surface area contributed by atoms with Crippen molar-refractivity contribution in [3.05, 3.63) is 35.4 Å². The van der Waals surface area contributed by atoms with Crippen LogP contribution in [0.4, 0.5) is 0 Å². The lowest BCUT2D eigenvalue weighted by Crippen LogP contribution is -2.41. The first-order valence-corrected chi connectivity index (χ1v) is 6.12. The smallest absolute Gasteiger partial charge is 0.217 e. The summed E-state index contributed by atoms with van der Waals surface area (Å²) in [6, 6.07) is 8.70.